The molecule has 4 amide bonds. The first-order valence-corrected chi connectivity index (χ1v) is 7.92. The number of imide groups is 1. The lowest BCUT2D eigenvalue weighted by atomic mass is 9.92. The molecule has 8 heteroatoms. The average Bonchev–Trinajstić information content (AvgIpc) is 2.79. The van der Waals surface area contributed by atoms with Crippen molar-refractivity contribution in [3.05, 3.63) is 59.5 Å². The molecule has 2 aromatic rings. The summed E-state index contributed by atoms with van der Waals surface area (Å²) in [4.78, 5) is 41.9. The molecule has 1 unspecified atom stereocenters. The molecule has 1 aromatic carbocycles. The molecule has 7 nitrogen and oxygen atoms in total. The van der Waals surface area contributed by atoms with E-state index >= 15 is 0 Å². The van der Waals surface area contributed by atoms with Crippen molar-refractivity contribution in [2.24, 2.45) is 0 Å². The summed E-state index contributed by atoms with van der Waals surface area (Å²) in [5.74, 6) is -1.24. The average molecular weight is 356 g/mol. The number of amides is 4. The van der Waals surface area contributed by atoms with Gasteiger partial charge in [0, 0.05) is 6.20 Å². The fourth-order valence-electron chi connectivity index (χ4n) is 2.75. The van der Waals surface area contributed by atoms with E-state index in [2.05, 4.69) is 15.6 Å². The van der Waals surface area contributed by atoms with Gasteiger partial charge in [-0.25, -0.2) is 14.2 Å². The second-order valence-electron chi connectivity index (χ2n) is 6.22. The summed E-state index contributed by atoms with van der Waals surface area (Å²) in [5, 5.41) is 5.12. The van der Waals surface area contributed by atoms with Gasteiger partial charge in [-0.1, -0.05) is 12.1 Å². The molecule has 2 heterocycles. The number of pyridine rings is 1. The van der Waals surface area contributed by atoms with E-state index in [0.717, 1.165) is 10.5 Å². The lowest BCUT2D eigenvalue weighted by Gasteiger charge is -2.22. The molecule has 134 valence electrons. The molecule has 2 N–H and O–H groups in total. The number of urea groups is 1. The Morgan fingerprint density at radius 2 is 1.96 bits per heavy atom. The number of benzene rings is 1. The number of nitrogens with one attached hydrogen (secondary N) is 2. The van der Waals surface area contributed by atoms with Crippen LogP contribution in [-0.4, -0.2) is 34.3 Å². The Morgan fingerprint density at radius 3 is 2.62 bits per heavy atom. The zero-order chi connectivity index (χ0) is 18.9. The maximum atomic E-state index is 13.1. The van der Waals surface area contributed by atoms with E-state index in [1.807, 2.05) is 6.92 Å². The third kappa shape index (κ3) is 3.26. The molecule has 0 radical (unpaired) electrons. The molecule has 1 aromatic heterocycles. The Labute approximate surface area is 149 Å². The van der Waals surface area contributed by atoms with Crippen LogP contribution in [0.4, 0.5) is 15.0 Å². The van der Waals surface area contributed by atoms with Crippen LogP contribution in [-0.2, 0) is 15.1 Å². The van der Waals surface area contributed by atoms with Crippen molar-refractivity contribution in [1.29, 1.82) is 0 Å². The summed E-state index contributed by atoms with van der Waals surface area (Å²) in [6.45, 7) is 2.92. The first-order chi connectivity index (χ1) is 12.3. The zero-order valence-corrected chi connectivity index (χ0v) is 14.2. The largest absolute Gasteiger partial charge is 0.325 e. The van der Waals surface area contributed by atoms with Crippen LogP contribution >= 0.6 is 0 Å². The quantitative estimate of drug-likeness (QED) is 0.819. The SMILES string of the molecule is Cc1ccnc(NC(=O)CN2C(=O)NC(C)(c3ccc(F)cc3)C2=O)c1. The number of carbonyl (C=O) groups is 3. The van der Waals surface area contributed by atoms with Crippen molar-refractivity contribution < 1.29 is 18.8 Å². The van der Waals surface area contributed by atoms with Crippen molar-refractivity contribution in [3.8, 4) is 0 Å². The smallest absolute Gasteiger partial charge is 0.319 e. The molecule has 0 bridgehead atoms. The number of halogens is 1. The van der Waals surface area contributed by atoms with E-state index in [9.17, 15) is 18.8 Å². The molecule has 0 spiro atoms. The number of aryl methyl sites for hydroxylation is 1. The van der Waals surface area contributed by atoms with E-state index in [0.29, 0.717) is 11.4 Å². The lowest BCUT2D eigenvalue weighted by molar-refractivity contribution is -0.133. The fraction of sp³-hybridized carbons (Fsp3) is 0.222. The monoisotopic (exact) mass is 356 g/mol. The Hall–Kier alpha value is -3.29. The van der Waals surface area contributed by atoms with Gasteiger partial charge in [0.2, 0.25) is 5.91 Å². The number of aromatic nitrogens is 1. The van der Waals surface area contributed by atoms with Gasteiger partial charge >= 0.3 is 6.03 Å². The van der Waals surface area contributed by atoms with Crippen LogP contribution in [0.25, 0.3) is 0 Å². The summed E-state index contributed by atoms with van der Waals surface area (Å²) in [7, 11) is 0. The van der Waals surface area contributed by atoms with Crippen LogP contribution in [0.15, 0.2) is 42.6 Å². The standard InChI is InChI=1S/C18H17FN4O3/c1-11-7-8-20-14(9-11)21-15(24)10-23-16(25)18(2,22-17(23)26)12-3-5-13(19)6-4-12/h3-9H,10H2,1-2H3,(H,22,26)(H,20,21,24). The molecule has 1 atom stereocenters. The minimum atomic E-state index is -1.35. The third-order valence-electron chi connectivity index (χ3n) is 4.18. The van der Waals surface area contributed by atoms with E-state index in [4.69, 9.17) is 0 Å². The van der Waals surface area contributed by atoms with Crippen molar-refractivity contribution >= 4 is 23.7 Å². The van der Waals surface area contributed by atoms with Crippen molar-refractivity contribution in [3.63, 3.8) is 0 Å². The van der Waals surface area contributed by atoms with Gasteiger partial charge < -0.3 is 10.6 Å². The predicted molar refractivity (Wildman–Crippen MR) is 91.6 cm³/mol. The number of carbonyl (C=O) groups excluding carboxylic acids is 3. The first kappa shape index (κ1) is 17.5. The minimum Gasteiger partial charge on any atom is -0.319 e. The molecule has 1 aliphatic heterocycles. The molecule has 26 heavy (non-hydrogen) atoms. The van der Waals surface area contributed by atoms with Crippen molar-refractivity contribution in [2.75, 3.05) is 11.9 Å². The lowest BCUT2D eigenvalue weighted by Crippen LogP contribution is -2.42. The fourth-order valence-corrected chi connectivity index (χ4v) is 2.75. The van der Waals surface area contributed by atoms with Crippen LogP contribution in [0, 0.1) is 12.7 Å². The molecule has 1 aliphatic rings. The van der Waals surface area contributed by atoms with E-state index in [-0.39, 0.29) is 0 Å². The van der Waals surface area contributed by atoms with Crippen molar-refractivity contribution in [1.82, 2.24) is 15.2 Å². The van der Waals surface area contributed by atoms with Gasteiger partial charge in [-0.2, -0.15) is 0 Å². The zero-order valence-electron chi connectivity index (χ0n) is 14.2. The van der Waals surface area contributed by atoms with Gasteiger partial charge in [-0.05, 0) is 49.2 Å². The van der Waals surface area contributed by atoms with Gasteiger partial charge in [-0.15, -0.1) is 0 Å². The van der Waals surface area contributed by atoms with Crippen LogP contribution < -0.4 is 10.6 Å². The third-order valence-corrected chi connectivity index (χ3v) is 4.18. The van der Waals surface area contributed by atoms with Crippen molar-refractivity contribution in [2.45, 2.75) is 19.4 Å². The van der Waals surface area contributed by atoms with E-state index in [1.54, 1.807) is 18.3 Å². The maximum Gasteiger partial charge on any atom is 0.325 e. The van der Waals surface area contributed by atoms with Gasteiger partial charge in [0.25, 0.3) is 5.91 Å². The highest BCUT2D eigenvalue weighted by Gasteiger charge is 2.49. The van der Waals surface area contributed by atoms with E-state index < -0.39 is 35.7 Å². The van der Waals surface area contributed by atoms with Crippen LogP contribution in [0.5, 0.6) is 0 Å². The minimum absolute atomic E-state index is 0.336. The topological polar surface area (TPSA) is 91.4 Å². The highest BCUT2D eigenvalue weighted by atomic mass is 19.1. The molecule has 1 saturated heterocycles. The number of rotatable bonds is 4. The van der Waals surface area contributed by atoms with Crippen LogP contribution in [0.3, 0.4) is 0 Å². The number of nitrogens with zero attached hydrogens (tertiary/aromatic N) is 2. The number of hydrogen-bond donors (Lipinski definition) is 2. The normalized spacial score (nSPS) is 19.4. The summed E-state index contributed by atoms with van der Waals surface area (Å²) in [6, 6.07) is 8.03. The number of anilines is 1. The summed E-state index contributed by atoms with van der Waals surface area (Å²) < 4.78 is 13.1. The summed E-state index contributed by atoms with van der Waals surface area (Å²) in [6.07, 6.45) is 1.55. The summed E-state index contributed by atoms with van der Waals surface area (Å²) in [5.41, 5.74) is -0.0122. The van der Waals surface area contributed by atoms with Gasteiger partial charge in [0.15, 0.2) is 0 Å². The molecule has 0 saturated carbocycles. The van der Waals surface area contributed by atoms with Crippen LogP contribution in [0.1, 0.15) is 18.1 Å². The van der Waals surface area contributed by atoms with Gasteiger partial charge in [0.1, 0.15) is 23.7 Å². The number of hydrogen-bond acceptors (Lipinski definition) is 4. The summed E-state index contributed by atoms with van der Waals surface area (Å²) >= 11 is 0. The van der Waals surface area contributed by atoms with Gasteiger partial charge in [0.05, 0.1) is 0 Å². The Kier molecular flexibility index (Phi) is 4.41. The Bertz CT molecular complexity index is 884. The maximum absolute atomic E-state index is 13.1. The highest BCUT2D eigenvalue weighted by Crippen LogP contribution is 2.28. The molecule has 3 rings (SSSR count). The molecule has 1 fully saturated rings. The molecule has 0 aliphatic carbocycles. The van der Waals surface area contributed by atoms with E-state index in [1.165, 1.54) is 31.2 Å². The molecular formula is C18H17FN4O3. The second kappa shape index (κ2) is 6.55. The first-order valence-electron chi connectivity index (χ1n) is 7.92. The Balaban J connectivity index is 1.74. The Morgan fingerprint density at radius 1 is 1.27 bits per heavy atom. The molecular weight excluding hydrogens is 339 g/mol. The van der Waals surface area contributed by atoms with Gasteiger partial charge in [-0.3, -0.25) is 14.5 Å². The van der Waals surface area contributed by atoms with Crippen LogP contribution in [0.2, 0.25) is 0 Å². The highest BCUT2D eigenvalue weighted by molar-refractivity contribution is 6.10. The predicted octanol–water partition coefficient (Wildman–Crippen LogP) is 1.93. The second-order valence-corrected chi connectivity index (χ2v) is 6.22.